The molecule has 0 heterocycles. The molecule has 0 spiro atoms. The first-order valence-electron chi connectivity index (χ1n) is 8.54. The van der Waals surface area contributed by atoms with Gasteiger partial charge in [0.25, 0.3) is 0 Å². The van der Waals surface area contributed by atoms with Gasteiger partial charge in [-0.25, -0.2) is 14.0 Å². The molecule has 1 rings (SSSR count). The van der Waals surface area contributed by atoms with Crippen LogP contribution in [0.2, 0.25) is 18.1 Å². The van der Waals surface area contributed by atoms with Crippen molar-refractivity contribution in [2.45, 2.75) is 57.7 Å². The van der Waals surface area contributed by atoms with Gasteiger partial charge in [-0.05, 0) is 29.8 Å². The summed E-state index contributed by atoms with van der Waals surface area (Å²) in [5.74, 6) is -2.11. The minimum Gasteiger partial charge on any atom is -0.478 e. The van der Waals surface area contributed by atoms with Gasteiger partial charge in [0.2, 0.25) is 0 Å². The molecule has 0 aliphatic heterocycles. The molecule has 1 aromatic carbocycles. The summed E-state index contributed by atoms with van der Waals surface area (Å²) >= 11 is 0. The summed E-state index contributed by atoms with van der Waals surface area (Å²) in [6.45, 7) is 8.60. The molecule has 1 aromatic rings. The van der Waals surface area contributed by atoms with E-state index in [0.29, 0.717) is 5.56 Å². The Labute approximate surface area is 159 Å². The number of halogens is 1. The Kier molecular flexibility index (Phi) is 8.09. The number of carbonyl (C=O) groups excluding carboxylic acids is 1. The van der Waals surface area contributed by atoms with Gasteiger partial charge in [-0.1, -0.05) is 39.0 Å². The standard InChI is InChI=1S/C18H28FNO6Si/c1-18(2,3)27(4,5)26-14(10-19)15(20)17(23)25-24-11-12-8-6-7-9-13(12)16(21)22/h6-9,14-15H,10-11,20H2,1-5H3,(H,21,22)/t14-,15+/m1/s1. The summed E-state index contributed by atoms with van der Waals surface area (Å²) in [6.07, 6.45) is -1.15. The number of carboxylic acid groups (broad SMARTS) is 1. The van der Waals surface area contributed by atoms with Crippen LogP contribution in [0, 0.1) is 0 Å². The minimum absolute atomic E-state index is 0.0285. The number of rotatable bonds is 9. The highest BCUT2D eigenvalue weighted by Gasteiger charge is 2.42. The zero-order chi connectivity index (χ0) is 20.8. The molecule has 0 aromatic heterocycles. The Morgan fingerprint density at radius 1 is 1.26 bits per heavy atom. The normalized spacial score (nSPS) is 14.5. The van der Waals surface area contributed by atoms with Crippen molar-refractivity contribution in [1.29, 1.82) is 0 Å². The summed E-state index contributed by atoms with van der Waals surface area (Å²) < 4.78 is 19.3. The van der Waals surface area contributed by atoms with Gasteiger partial charge in [-0.2, -0.15) is 4.89 Å². The number of carboxylic acids is 1. The molecule has 3 N–H and O–H groups in total. The topological polar surface area (TPSA) is 108 Å². The van der Waals surface area contributed by atoms with Crippen LogP contribution >= 0.6 is 0 Å². The van der Waals surface area contributed by atoms with Gasteiger partial charge in [0.15, 0.2) is 8.32 Å². The third kappa shape index (κ3) is 6.38. The van der Waals surface area contributed by atoms with Crippen LogP contribution in [0.4, 0.5) is 4.39 Å². The molecule has 7 nitrogen and oxygen atoms in total. The Balaban J connectivity index is 2.67. The molecule has 152 valence electrons. The third-order valence-corrected chi connectivity index (χ3v) is 9.18. The second kappa shape index (κ2) is 9.40. The monoisotopic (exact) mass is 401 g/mol. The Hall–Kier alpha value is -1.81. The maximum atomic E-state index is 13.4. The molecule has 0 aliphatic carbocycles. The maximum absolute atomic E-state index is 13.4. The molecule has 0 aliphatic rings. The van der Waals surface area contributed by atoms with Crippen molar-refractivity contribution < 1.29 is 33.3 Å². The molecule has 0 saturated heterocycles. The summed E-state index contributed by atoms with van der Waals surface area (Å²) in [5, 5.41) is 8.92. The van der Waals surface area contributed by atoms with Crippen molar-refractivity contribution in [1.82, 2.24) is 0 Å². The van der Waals surface area contributed by atoms with Crippen molar-refractivity contribution >= 4 is 20.3 Å². The van der Waals surface area contributed by atoms with Crippen LogP contribution in [0.15, 0.2) is 24.3 Å². The molecule has 2 atom stereocenters. The number of carbonyl (C=O) groups is 2. The van der Waals surface area contributed by atoms with Crippen LogP contribution in [0.25, 0.3) is 0 Å². The van der Waals surface area contributed by atoms with Gasteiger partial charge < -0.3 is 15.3 Å². The number of nitrogens with two attached hydrogens (primary N) is 1. The van der Waals surface area contributed by atoms with E-state index in [4.69, 9.17) is 20.2 Å². The number of alkyl halides is 1. The second-order valence-corrected chi connectivity index (χ2v) is 12.5. The smallest absolute Gasteiger partial charge is 0.361 e. The van der Waals surface area contributed by atoms with Gasteiger partial charge in [0.1, 0.15) is 19.3 Å². The molecule has 0 radical (unpaired) electrons. The Bertz CT molecular complexity index is 661. The fourth-order valence-corrected chi connectivity index (χ4v) is 3.29. The van der Waals surface area contributed by atoms with E-state index >= 15 is 0 Å². The summed E-state index contributed by atoms with van der Waals surface area (Å²) in [6, 6.07) is 4.77. The molecular formula is C18H28FNO6Si. The number of hydrogen-bond donors (Lipinski definition) is 2. The highest BCUT2D eigenvalue weighted by atomic mass is 28.4. The molecular weight excluding hydrogens is 373 g/mol. The van der Waals surface area contributed by atoms with E-state index in [9.17, 15) is 14.0 Å². The fraction of sp³-hybridized carbons (Fsp3) is 0.556. The zero-order valence-electron chi connectivity index (χ0n) is 16.3. The van der Waals surface area contributed by atoms with E-state index in [1.807, 2.05) is 33.9 Å². The quantitative estimate of drug-likeness (QED) is 0.372. The van der Waals surface area contributed by atoms with Crippen LogP contribution in [0.5, 0.6) is 0 Å². The van der Waals surface area contributed by atoms with Gasteiger partial charge >= 0.3 is 11.9 Å². The summed E-state index contributed by atoms with van der Waals surface area (Å²) in [7, 11) is -2.34. The van der Waals surface area contributed by atoms with E-state index in [0.717, 1.165) is 0 Å². The minimum atomic E-state index is -2.34. The number of aromatic carboxylic acids is 1. The molecule has 0 unspecified atom stereocenters. The van der Waals surface area contributed by atoms with Gasteiger partial charge in [0, 0.05) is 0 Å². The van der Waals surface area contributed by atoms with Gasteiger partial charge in [0.05, 0.1) is 11.7 Å². The van der Waals surface area contributed by atoms with Crippen LogP contribution in [0.1, 0.15) is 36.7 Å². The maximum Gasteiger partial charge on any atom is 0.361 e. The Morgan fingerprint density at radius 2 is 1.85 bits per heavy atom. The van der Waals surface area contributed by atoms with Crippen LogP contribution in [-0.4, -0.2) is 44.2 Å². The van der Waals surface area contributed by atoms with Crippen molar-refractivity contribution in [2.75, 3.05) is 6.67 Å². The van der Waals surface area contributed by atoms with Crippen molar-refractivity contribution in [3.8, 4) is 0 Å². The first kappa shape index (κ1) is 23.2. The molecule has 0 amide bonds. The van der Waals surface area contributed by atoms with Crippen LogP contribution in [0.3, 0.4) is 0 Å². The van der Waals surface area contributed by atoms with Gasteiger partial charge in [-0.3, -0.25) is 4.89 Å². The SMILES string of the molecule is CC(C)(C)[Si](C)(C)O[C@H](CF)[C@H](N)C(=O)OOCc1ccccc1C(=O)O. The second-order valence-electron chi connectivity index (χ2n) is 7.72. The van der Waals surface area contributed by atoms with E-state index < -0.39 is 39.1 Å². The number of hydrogen-bond acceptors (Lipinski definition) is 6. The number of benzene rings is 1. The lowest BCUT2D eigenvalue weighted by Crippen LogP contribution is -2.53. The third-order valence-electron chi connectivity index (χ3n) is 4.68. The summed E-state index contributed by atoms with van der Waals surface area (Å²) in [4.78, 5) is 32.7. The fourth-order valence-electron chi connectivity index (χ4n) is 1.97. The van der Waals surface area contributed by atoms with E-state index in [1.165, 1.54) is 12.1 Å². The molecule has 0 fully saturated rings. The highest BCUT2D eigenvalue weighted by molar-refractivity contribution is 6.74. The Morgan fingerprint density at radius 3 is 2.37 bits per heavy atom. The van der Waals surface area contributed by atoms with Gasteiger partial charge in [-0.15, -0.1) is 0 Å². The predicted molar refractivity (Wildman–Crippen MR) is 100 cm³/mol. The lowest BCUT2D eigenvalue weighted by Gasteiger charge is -2.39. The molecule has 0 bridgehead atoms. The van der Waals surface area contributed by atoms with E-state index in [2.05, 4.69) is 4.89 Å². The first-order chi connectivity index (χ1) is 12.4. The van der Waals surface area contributed by atoms with E-state index in [1.54, 1.807) is 12.1 Å². The lowest BCUT2D eigenvalue weighted by atomic mass is 10.1. The predicted octanol–water partition coefficient (Wildman–Crippen LogP) is 3.05. The summed E-state index contributed by atoms with van der Waals surface area (Å²) in [5.41, 5.74) is 6.14. The molecule has 27 heavy (non-hydrogen) atoms. The zero-order valence-corrected chi connectivity index (χ0v) is 17.3. The van der Waals surface area contributed by atoms with Crippen LogP contribution in [-0.2, 0) is 25.6 Å². The average Bonchev–Trinajstić information content (AvgIpc) is 2.58. The average molecular weight is 402 g/mol. The van der Waals surface area contributed by atoms with Crippen LogP contribution < -0.4 is 5.73 Å². The highest BCUT2D eigenvalue weighted by Crippen LogP contribution is 2.37. The largest absolute Gasteiger partial charge is 0.478 e. The van der Waals surface area contributed by atoms with Crippen molar-refractivity contribution in [2.24, 2.45) is 5.73 Å². The molecule has 0 saturated carbocycles. The van der Waals surface area contributed by atoms with Crippen molar-refractivity contribution in [3.63, 3.8) is 0 Å². The van der Waals surface area contributed by atoms with Crippen molar-refractivity contribution in [3.05, 3.63) is 35.4 Å². The first-order valence-corrected chi connectivity index (χ1v) is 11.5. The van der Waals surface area contributed by atoms with E-state index in [-0.39, 0.29) is 17.2 Å². The molecule has 9 heteroatoms. The lowest BCUT2D eigenvalue weighted by molar-refractivity contribution is -0.282.